The third-order valence-corrected chi connectivity index (χ3v) is 9.14. The summed E-state index contributed by atoms with van der Waals surface area (Å²) in [6, 6.07) is 0. The van der Waals surface area contributed by atoms with Gasteiger partial charge in [-0.2, -0.15) is 0 Å². The molecule has 7 heteroatoms. The fourth-order valence-electron chi connectivity index (χ4n) is 6.40. The van der Waals surface area contributed by atoms with Gasteiger partial charge in [-0.05, 0) is 57.9 Å². The average Bonchev–Trinajstić information content (AvgIpc) is 3.57. The van der Waals surface area contributed by atoms with Gasteiger partial charge in [0.05, 0.1) is 36.6 Å². The zero-order chi connectivity index (χ0) is 30.6. The molecule has 7 nitrogen and oxygen atoms in total. The van der Waals surface area contributed by atoms with Crippen LogP contribution in [0.15, 0.2) is 11.6 Å². The van der Waals surface area contributed by atoms with Crippen LogP contribution in [0.1, 0.15) is 162 Å². The molecule has 0 bridgehead atoms. The van der Waals surface area contributed by atoms with E-state index in [2.05, 4.69) is 6.92 Å². The molecule has 0 aromatic heterocycles. The quantitative estimate of drug-likeness (QED) is 0.0624. The van der Waals surface area contributed by atoms with Gasteiger partial charge in [-0.3, -0.25) is 0 Å². The largest absolute Gasteiger partial charge is 0.455 e. The molecule has 4 N–H and O–H groups in total. The third kappa shape index (κ3) is 16.2. The van der Waals surface area contributed by atoms with Gasteiger partial charge in [0.2, 0.25) is 0 Å². The Bertz CT molecular complexity index is 726. The van der Waals surface area contributed by atoms with Gasteiger partial charge < -0.3 is 29.9 Å². The average molecular weight is 597 g/mol. The first-order chi connectivity index (χ1) is 20.3. The van der Waals surface area contributed by atoms with Gasteiger partial charge in [0.1, 0.15) is 6.10 Å². The van der Waals surface area contributed by atoms with Crippen LogP contribution in [-0.4, -0.2) is 69.1 Å². The summed E-state index contributed by atoms with van der Waals surface area (Å²) in [5.41, 5.74) is 0.600. The second-order valence-corrected chi connectivity index (χ2v) is 13.1. The molecular formula is C35H64O7. The lowest BCUT2D eigenvalue weighted by molar-refractivity contribution is -0.139. The first-order valence-corrected chi connectivity index (χ1v) is 17.6. The van der Waals surface area contributed by atoms with Crippen LogP contribution in [-0.2, 0) is 14.3 Å². The number of hydrogen-bond acceptors (Lipinski definition) is 7. The van der Waals surface area contributed by atoms with E-state index in [9.17, 15) is 25.2 Å². The van der Waals surface area contributed by atoms with Crippen molar-refractivity contribution in [3.63, 3.8) is 0 Å². The maximum atomic E-state index is 11.7. The molecule has 1 saturated heterocycles. The fraction of sp³-hybridized carbons (Fsp3) is 0.914. The van der Waals surface area contributed by atoms with Crippen LogP contribution in [0.25, 0.3) is 0 Å². The zero-order valence-corrected chi connectivity index (χ0v) is 26.9. The van der Waals surface area contributed by atoms with Crippen LogP contribution in [0.3, 0.4) is 0 Å². The Balaban J connectivity index is 1.42. The molecule has 2 heterocycles. The highest BCUT2D eigenvalue weighted by molar-refractivity contribution is 5.90. The Morgan fingerprint density at radius 2 is 1.31 bits per heavy atom. The number of aliphatic hydroxyl groups is 4. The molecule has 0 aromatic carbocycles. The zero-order valence-electron chi connectivity index (χ0n) is 26.9. The van der Waals surface area contributed by atoms with Crippen LogP contribution in [0.2, 0.25) is 0 Å². The summed E-state index contributed by atoms with van der Waals surface area (Å²) in [4.78, 5) is 11.7. The molecular weight excluding hydrogens is 532 g/mol. The second kappa shape index (κ2) is 22.5. The van der Waals surface area contributed by atoms with Crippen molar-refractivity contribution in [2.45, 2.75) is 204 Å². The van der Waals surface area contributed by atoms with Crippen LogP contribution in [0.5, 0.6) is 0 Å². The van der Waals surface area contributed by atoms with Crippen molar-refractivity contribution < 1.29 is 34.7 Å². The van der Waals surface area contributed by atoms with Crippen LogP contribution in [0.4, 0.5) is 0 Å². The Labute approximate surface area is 256 Å². The molecule has 7 atom stereocenters. The minimum absolute atomic E-state index is 0.168. The molecule has 0 aromatic rings. The summed E-state index contributed by atoms with van der Waals surface area (Å²) in [5.74, 6) is -0.295. The first kappa shape index (κ1) is 37.2. The van der Waals surface area contributed by atoms with E-state index in [1.165, 1.54) is 51.4 Å². The van der Waals surface area contributed by atoms with Crippen LogP contribution in [0, 0.1) is 0 Å². The Morgan fingerprint density at radius 1 is 0.738 bits per heavy atom. The number of hydrogen-bond donors (Lipinski definition) is 4. The van der Waals surface area contributed by atoms with Gasteiger partial charge in [-0.25, -0.2) is 4.79 Å². The topological polar surface area (TPSA) is 116 Å². The van der Waals surface area contributed by atoms with Crippen molar-refractivity contribution in [2.24, 2.45) is 0 Å². The summed E-state index contributed by atoms with van der Waals surface area (Å²) >= 11 is 0. The molecule has 246 valence electrons. The summed E-state index contributed by atoms with van der Waals surface area (Å²) in [6.45, 7) is 4.07. The highest BCUT2D eigenvalue weighted by atomic mass is 16.5. The monoisotopic (exact) mass is 596 g/mol. The highest BCUT2D eigenvalue weighted by Gasteiger charge is 2.31. The Morgan fingerprint density at radius 3 is 1.93 bits per heavy atom. The molecule has 0 unspecified atom stereocenters. The number of aliphatic hydroxyl groups excluding tert-OH is 4. The predicted molar refractivity (Wildman–Crippen MR) is 168 cm³/mol. The maximum Gasteiger partial charge on any atom is 0.334 e. The smallest absolute Gasteiger partial charge is 0.334 e. The molecule has 0 saturated carbocycles. The number of ether oxygens (including phenoxy) is 2. The number of unbranched alkanes of at least 4 members (excludes halogenated alkanes) is 13. The van der Waals surface area contributed by atoms with Gasteiger partial charge >= 0.3 is 5.97 Å². The summed E-state index contributed by atoms with van der Waals surface area (Å²) < 4.78 is 11.2. The van der Waals surface area contributed by atoms with E-state index >= 15 is 0 Å². The van der Waals surface area contributed by atoms with Crippen LogP contribution >= 0.6 is 0 Å². The number of cyclic esters (lactones) is 1. The number of carbonyl (C=O) groups is 1. The maximum absolute atomic E-state index is 11.7. The van der Waals surface area contributed by atoms with E-state index in [1.54, 1.807) is 6.08 Å². The van der Waals surface area contributed by atoms with E-state index in [0.29, 0.717) is 37.7 Å². The lowest BCUT2D eigenvalue weighted by Crippen LogP contribution is -2.31. The van der Waals surface area contributed by atoms with Crippen molar-refractivity contribution >= 4 is 5.97 Å². The van der Waals surface area contributed by atoms with Gasteiger partial charge in [0.25, 0.3) is 0 Å². The van der Waals surface area contributed by atoms with Gasteiger partial charge in [-0.15, -0.1) is 0 Å². The highest BCUT2D eigenvalue weighted by Crippen LogP contribution is 2.28. The van der Waals surface area contributed by atoms with Gasteiger partial charge in [0, 0.05) is 12.0 Å². The predicted octanol–water partition coefficient (Wildman–Crippen LogP) is 7.06. The lowest BCUT2D eigenvalue weighted by atomic mass is 9.97. The normalized spacial score (nSPS) is 23.5. The second-order valence-electron chi connectivity index (χ2n) is 13.1. The molecule has 1 fully saturated rings. The van der Waals surface area contributed by atoms with E-state index in [-0.39, 0.29) is 24.3 Å². The van der Waals surface area contributed by atoms with E-state index < -0.39 is 24.4 Å². The minimum Gasteiger partial charge on any atom is -0.455 e. The lowest BCUT2D eigenvalue weighted by Gasteiger charge is -2.22. The summed E-state index contributed by atoms with van der Waals surface area (Å²) in [6.07, 6.45) is 22.4. The Hall–Kier alpha value is -0.990. The van der Waals surface area contributed by atoms with Gasteiger partial charge in [-0.1, -0.05) is 103 Å². The third-order valence-electron chi connectivity index (χ3n) is 9.14. The van der Waals surface area contributed by atoms with E-state index in [1.807, 2.05) is 6.92 Å². The van der Waals surface area contributed by atoms with Crippen molar-refractivity contribution in [2.75, 3.05) is 0 Å². The summed E-state index contributed by atoms with van der Waals surface area (Å²) in [5, 5.41) is 41.6. The number of esters is 1. The number of rotatable bonds is 26. The summed E-state index contributed by atoms with van der Waals surface area (Å²) in [7, 11) is 0. The molecule has 0 radical (unpaired) electrons. The Kier molecular flexibility index (Phi) is 19.9. The van der Waals surface area contributed by atoms with Crippen molar-refractivity contribution in [3.05, 3.63) is 11.6 Å². The fourth-order valence-corrected chi connectivity index (χ4v) is 6.40. The standard InChI is InChI=1S/C35H64O7/c1-3-4-5-6-7-8-9-10-14-17-20-31(37)32(38)22-23-33(39)34-24-21-30(42-34)19-16-13-11-12-15-18-29(36)26-28-25-27(2)41-35(28)40/h25,27,29-34,36-39H,3-24,26H2,1-2H3/t27-,29+,30+,31+,32+,33-,34+/m0/s1. The van der Waals surface area contributed by atoms with Crippen LogP contribution < -0.4 is 0 Å². The van der Waals surface area contributed by atoms with Crippen molar-refractivity contribution in [3.8, 4) is 0 Å². The SMILES string of the molecule is CCCCCCCCCCCC[C@@H](O)[C@H](O)CC[C@H](O)[C@H]1CC[C@@H](CCCCCCC[C@@H](O)CC2=C[C@H](C)OC2=O)O1. The molecule has 2 aliphatic heterocycles. The minimum atomic E-state index is -0.781. The van der Waals surface area contributed by atoms with E-state index in [0.717, 1.165) is 64.2 Å². The molecule has 0 spiro atoms. The molecule has 2 rings (SSSR count). The first-order valence-electron chi connectivity index (χ1n) is 17.6. The van der Waals surface area contributed by atoms with E-state index in [4.69, 9.17) is 9.47 Å². The molecule has 2 aliphatic rings. The van der Waals surface area contributed by atoms with Crippen molar-refractivity contribution in [1.29, 1.82) is 0 Å². The molecule has 42 heavy (non-hydrogen) atoms. The molecule has 0 aliphatic carbocycles. The van der Waals surface area contributed by atoms with Gasteiger partial charge in [0.15, 0.2) is 0 Å². The number of carbonyl (C=O) groups excluding carboxylic acids is 1. The van der Waals surface area contributed by atoms with Crippen molar-refractivity contribution in [1.82, 2.24) is 0 Å². The molecule has 0 amide bonds.